The number of nitrogens with one attached hydrogen (secondary N) is 1. The first kappa shape index (κ1) is 20.2. The van der Waals surface area contributed by atoms with E-state index in [2.05, 4.69) is 4.72 Å². The molecule has 0 aliphatic rings. The number of hydrogen-bond acceptors (Lipinski definition) is 6. The molecule has 26 heavy (non-hydrogen) atoms. The Hall–Kier alpha value is -2.07. The first-order chi connectivity index (χ1) is 11.7. The first-order valence-corrected chi connectivity index (χ1v) is 11.4. The summed E-state index contributed by atoms with van der Waals surface area (Å²) in [4.78, 5) is 12.5. The number of carbonyl (C=O) groups excluding carboxylic acids is 1. The molecule has 10 heteroatoms. The highest BCUT2D eigenvalue weighted by Crippen LogP contribution is 2.37. The van der Waals surface area contributed by atoms with E-state index in [4.69, 9.17) is 4.74 Å². The lowest BCUT2D eigenvalue weighted by atomic mass is 9.89. The van der Waals surface area contributed by atoms with Gasteiger partial charge in [-0.15, -0.1) is 0 Å². The van der Waals surface area contributed by atoms with E-state index < -0.39 is 31.4 Å². The number of anilines is 1. The van der Waals surface area contributed by atoms with Gasteiger partial charge in [0.1, 0.15) is 0 Å². The summed E-state index contributed by atoms with van der Waals surface area (Å²) in [7, 11) is -6.07. The van der Waals surface area contributed by atoms with Crippen LogP contribution < -0.4 is 4.72 Å². The molecule has 0 radical (unpaired) electrons. The van der Waals surface area contributed by atoms with Crippen LogP contribution in [0.4, 0.5) is 5.69 Å². The molecule has 0 fully saturated rings. The second kappa shape index (κ2) is 6.27. The summed E-state index contributed by atoms with van der Waals surface area (Å²) in [5, 5.41) is 0.292. The number of aromatic nitrogens is 1. The number of esters is 1. The van der Waals surface area contributed by atoms with Gasteiger partial charge >= 0.3 is 5.97 Å². The maximum absolute atomic E-state index is 12.5. The molecule has 2 rings (SSSR count). The lowest BCUT2D eigenvalue weighted by Gasteiger charge is -2.22. The third kappa shape index (κ3) is 3.85. The molecule has 0 saturated carbocycles. The molecule has 0 atom stereocenters. The van der Waals surface area contributed by atoms with E-state index in [0.717, 1.165) is 16.5 Å². The molecule has 0 aliphatic carbocycles. The van der Waals surface area contributed by atoms with Crippen LogP contribution in [0.25, 0.3) is 10.9 Å². The Morgan fingerprint density at radius 1 is 1.12 bits per heavy atom. The van der Waals surface area contributed by atoms with Gasteiger partial charge in [-0.2, -0.15) is 0 Å². The molecule has 8 nitrogen and oxygen atoms in total. The monoisotopic (exact) mass is 402 g/mol. The highest BCUT2D eigenvalue weighted by molar-refractivity contribution is 7.92. The van der Waals surface area contributed by atoms with Crippen molar-refractivity contribution >= 4 is 42.6 Å². The van der Waals surface area contributed by atoms with Crippen molar-refractivity contribution in [1.29, 1.82) is 0 Å². The van der Waals surface area contributed by atoms with Gasteiger partial charge in [0.25, 0.3) is 0 Å². The molecule has 2 aromatic rings. The van der Waals surface area contributed by atoms with Crippen LogP contribution in [0.3, 0.4) is 0 Å². The number of methoxy groups -OCH3 is 1. The van der Waals surface area contributed by atoms with E-state index in [9.17, 15) is 21.6 Å². The molecule has 0 saturated heterocycles. The lowest BCUT2D eigenvalue weighted by Crippen LogP contribution is -2.25. The minimum atomic E-state index is -3.74. The number of sulfonamides is 1. The van der Waals surface area contributed by atoms with Crippen molar-refractivity contribution in [2.45, 2.75) is 26.2 Å². The second-order valence-electron chi connectivity index (χ2n) is 7.10. The predicted octanol–water partition coefficient (Wildman–Crippen LogP) is 1.90. The SMILES string of the molecule is COC(=O)c1c(C(C)(C)C)n(S(C)(=O)=O)c2ccc(NS(C)(=O)=O)cc12. The quantitative estimate of drug-likeness (QED) is 0.782. The van der Waals surface area contributed by atoms with Crippen molar-refractivity contribution in [3.63, 3.8) is 0 Å². The molecule has 0 bridgehead atoms. The normalized spacial score (nSPS) is 13.0. The van der Waals surface area contributed by atoms with Crippen LogP contribution in [-0.4, -0.2) is 46.4 Å². The smallest absolute Gasteiger partial charge is 0.340 e. The fraction of sp³-hybridized carbons (Fsp3) is 0.438. The van der Waals surface area contributed by atoms with Crippen LogP contribution in [0.2, 0.25) is 0 Å². The van der Waals surface area contributed by atoms with Gasteiger partial charge in [0.15, 0.2) is 0 Å². The van der Waals surface area contributed by atoms with Crippen molar-refractivity contribution in [3.8, 4) is 0 Å². The van der Waals surface area contributed by atoms with Gasteiger partial charge in [-0.25, -0.2) is 25.6 Å². The van der Waals surface area contributed by atoms with Crippen LogP contribution in [0, 0.1) is 0 Å². The molecule has 0 amide bonds. The maximum atomic E-state index is 12.5. The maximum Gasteiger partial charge on any atom is 0.340 e. The number of fused-ring (bicyclic) bond motifs is 1. The van der Waals surface area contributed by atoms with Crippen molar-refractivity contribution < 1.29 is 26.4 Å². The number of ether oxygens (including phenoxy) is 1. The van der Waals surface area contributed by atoms with Gasteiger partial charge in [0.05, 0.1) is 36.4 Å². The number of benzene rings is 1. The summed E-state index contributed by atoms with van der Waals surface area (Å²) in [6.45, 7) is 5.35. The van der Waals surface area contributed by atoms with Gasteiger partial charge < -0.3 is 4.74 Å². The van der Waals surface area contributed by atoms with Gasteiger partial charge in [0, 0.05) is 16.5 Å². The zero-order valence-corrected chi connectivity index (χ0v) is 17.1. The van der Waals surface area contributed by atoms with Crippen LogP contribution >= 0.6 is 0 Å². The van der Waals surface area contributed by atoms with Crippen molar-refractivity contribution in [2.75, 3.05) is 24.3 Å². The van der Waals surface area contributed by atoms with Crippen molar-refractivity contribution in [3.05, 3.63) is 29.5 Å². The summed E-state index contributed by atoms with van der Waals surface area (Å²) in [6.07, 6.45) is 2.05. The molecule has 1 heterocycles. The van der Waals surface area contributed by atoms with Crippen LogP contribution in [0.5, 0.6) is 0 Å². The van der Waals surface area contributed by atoms with E-state index in [1.807, 2.05) is 0 Å². The minimum absolute atomic E-state index is 0.0950. The number of carbonyl (C=O) groups is 1. The summed E-state index contributed by atoms with van der Waals surface area (Å²) in [5.74, 6) is -0.696. The Morgan fingerprint density at radius 2 is 1.69 bits per heavy atom. The van der Waals surface area contributed by atoms with E-state index >= 15 is 0 Å². The van der Waals surface area contributed by atoms with Gasteiger partial charge in [-0.1, -0.05) is 20.8 Å². The Kier molecular flexibility index (Phi) is 4.88. The van der Waals surface area contributed by atoms with Crippen LogP contribution in [-0.2, 0) is 30.2 Å². The number of hydrogen-bond donors (Lipinski definition) is 1. The fourth-order valence-corrected chi connectivity index (χ4v) is 4.64. The largest absolute Gasteiger partial charge is 0.465 e. The third-order valence-electron chi connectivity index (χ3n) is 3.66. The molecular formula is C16H22N2O6S2. The Bertz CT molecular complexity index is 1090. The summed E-state index contributed by atoms with van der Waals surface area (Å²) < 4.78 is 56.2. The van der Waals surface area contributed by atoms with Crippen LogP contribution in [0.15, 0.2) is 18.2 Å². The number of rotatable bonds is 4. The van der Waals surface area contributed by atoms with E-state index in [1.165, 1.54) is 25.3 Å². The molecule has 0 unspecified atom stereocenters. The van der Waals surface area contributed by atoms with Gasteiger partial charge in [-0.3, -0.25) is 4.72 Å². The lowest BCUT2D eigenvalue weighted by molar-refractivity contribution is 0.0600. The summed E-state index contributed by atoms with van der Waals surface area (Å²) >= 11 is 0. The number of nitrogens with zero attached hydrogens (tertiary/aromatic N) is 1. The van der Waals surface area contributed by atoms with E-state index in [1.54, 1.807) is 20.8 Å². The Labute approximate surface area is 153 Å². The molecule has 0 spiro atoms. The fourth-order valence-electron chi connectivity index (χ4n) is 2.87. The predicted molar refractivity (Wildman–Crippen MR) is 101 cm³/mol. The van der Waals surface area contributed by atoms with Gasteiger partial charge in [0.2, 0.25) is 20.0 Å². The highest BCUT2D eigenvalue weighted by Gasteiger charge is 2.34. The zero-order chi connectivity index (χ0) is 20.1. The van der Waals surface area contributed by atoms with Crippen molar-refractivity contribution in [1.82, 2.24) is 3.97 Å². The summed E-state index contributed by atoms with van der Waals surface area (Å²) in [6, 6.07) is 4.34. The molecule has 0 aliphatic heterocycles. The molecule has 1 N–H and O–H groups in total. The zero-order valence-electron chi connectivity index (χ0n) is 15.4. The second-order valence-corrected chi connectivity index (χ2v) is 10.7. The Morgan fingerprint density at radius 3 is 2.12 bits per heavy atom. The Balaban J connectivity index is 3.04. The highest BCUT2D eigenvalue weighted by atomic mass is 32.2. The molecule has 1 aromatic carbocycles. The minimum Gasteiger partial charge on any atom is -0.465 e. The van der Waals surface area contributed by atoms with Gasteiger partial charge in [-0.05, 0) is 18.2 Å². The van der Waals surface area contributed by atoms with Crippen molar-refractivity contribution in [2.24, 2.45) is 0 Å². The topological polar surface area (TPSA) is 112 Å². The third-order valence-corrected chi connectivity index (χ3v) is 5.31. The molecule has 144 valence electrons. The average Bonchev–Trinajstić information content (AvgIpc) is 2.79. The summed E-state index contributed by atoms with van der Waals surface area (Å²) in [5.41, 5.74) is 0.167. The average molecular weight is 402 g/mol. The van der Waals surface area contributed by atoms with Crippen LogP contribution in [0.1, 0.15) is 36.8 Å². The molecule has 1 aromatic heterocycles. The van der Waals surface area contributed by atoms with E-state index in [-0.39, 0.29) is 22.5 Å². The van der Waals surface area contributed by atoms with E-state index in [0.29, 0.717) is 5.39 Å². The first-order valence-electron chi connectivity index (χ1n) is 7.62. The molecular weight excluding hydrogens is 380 g/mol. The standard InChI is InChI=1S/C16H22N2O6S2/c1-16(2,3)14-13(15(19)24-4)11-9-10(17-25(5,20)21)7-8-12(11)18(14)26(6,22)23/h7-9,17H,1-6H3.